The zero-order chi connectivity index (χ0) is 19.1. The van der Waals surface area contributed by atoms with E-state index in [2.05, 4.69) is 0 Å². The molecule has 1 aromatic rings. The molecule has 2 saturated heterocycles. The Kier molecular flexibility index (Phi) is 5.03. The van der Waals surface area contributed by atoms with Crippen LogP contribution in [0.4, 0.5) is 4.39 Å². The van der Waals surface area contributed by atoms with Crippen molar-refractivity contribution in [3.05, 3.63) is 23.5 Å². The first-order chi connectivity index (χ1) is 12.2. The van der Waals surface area contributed by atoms with Crippen LogP contribution in [0.1, 0.15) is 38.1 Å². The van der Waals surface area contributed by atoms with E-state index in [1.54, 1.807) is 11.0 Å². The molecule has 142 valence electrons. The molecule has 0 saturated carbocycles. The Labute approximate surface area is 153 Å². The number of amides is 1. The summed E-state index contributed by atoms with van der Waals surface area (Å²) in [4.78, 5) is 14.3. The molecule has 0 spiro atoms. The maximum Gasteiger partial charge on any atom is 0.495 e. The molecule has 0 radical (unpaired) electrons. The highest BCUT2D eigenvalue weighted by Gasteiger charge is 2.52. The monoisotopic (exact) mass is 365 g/mol. The molecule has 2 aliphatic rings. The standard InChI is InChI=1S/C18H25BFNO5/c1-17(2)18(3,4)26-19(25-17)12-10-13(20)15(14(11-12)23-5)16(22)21-6-8-24-9-7-21/h10-11H,6-9H2,1-5H3. The Morgan fingerprint density at radius 1 is 1.15 bits per heavy atom. The predicted molar refractivity (Wildman–Crippen MR) is 95.4 cm³/mol. The summed E-state index contributed by atoms with van der Waals surface area (Å²) in [5, 5.41) is 0. The van der Waals surface area contributed by atoms with Gasteiger partial charge in [0.2, 0.25) is 0 Å². The van der Waals surface area contributed by atoms with Crippen molar-refractivity contribution < 1.29 is 28.0 Å². The lowest BCUT2D eigenvalue weighted by Gasteiger charge is -2.32. The summed E-state index contributed by atoms with van der Waals surface area (Å²) in [6, 6.07) is 2.90. The van der Waals surface area contributed by atoms with Gasteiger partial charge in [0.15, 0.2) is 0 Å². The van der Waals surface area contributed by atoms with Gasteiger partial charge in [-0.05, 0) is 45.3 Å². The fourth-order valence-corrected chi connectivity index (χ4v) is 3.01. The van der Waals surface area contributed by atoms with Crippen LogP contribution in [0.25, 0.3) is 0 Å². The van der Waals surface area contributed by atoms with E-state index in [-0.39, 0.29) is 11.3 Å². The maximum atomic E-state index is 14.9. The summed E-state index contributed by atoms with van der Waals surface area (Å²) >= 11 is 0. The minimum absolute atomic E-state index is 0.0744. The first kappa shape index (κ1) is 19.1. The van der Waals surface area contributed by atoms with E-state index >= 15 is 0 Å². The van der Waals surface area contributed by atoms with Gasteiger partial charge in [0, 0.05) is 13.1 Å². The maximum absolute atomic E-state index is 14.9. The summed E-state index contributed by atoms with van der Waals surface area (Å²) in [7, 11) is 0.690. The molecule has 2 heterocycles. The van der Waals surface area contributed by atoms with E-state index in [1.807, 2.05) is 27.7 Å². The molecule has 0 aliphatic carbocycles. The summed E-state index contributed by atoms with van der Waals surface area (Å²) < 4.78 is 37.4. The molecule has 0 unspecified atom stereocenters. The fourth-order valence-electron chi connectivity index (χ4n) is 3.01. The van der Waals surface area contributed by atoms with Crippen molar-refractivity contribution in [1.82, 2.24) is 4.90 Å². The number of rotatable bonds is 3. The Hall–Kier alpha value is -1.64. The van der Waals surface area contributed by atoms with Gasteiger partial charge < -0.3 is 23.7 Å². The van der Waals surface area contributed by atoms with Gasteiger partial charge in [-0.25, -0.2) is 4.39 Å². The summed E-state index contributed by atoms with van der Waals surface area (Å²) in [5.41, 5.74) is -0.668. The van der Waals surface area contributed by atoms with Crippen molar-refractivity contribution in [2.75, 3.05) is 33.4 Å². The zero-order valence-electron chi connectivity index (χ0n) is 15.9. The van der Waals surface area contributed by atoms with Gasteiger partial charge in [0.05, 0.1) is 31.5 Å². The molecule has 0 bridgehead atoms. The normalized spacial score (nSPS) is 21.8. The van der Waals surface area contributed by atoms with Crippen LogP contribution in [0.5, 0.6) is 5.75 Å². The molecular weight excluding hydrogens is 340 g/mol. The topological polar surface area (TPSA) is 57.2 Å². The van der Waals surface area contributed by atoms with Gasteiger partial charge in [-0.3, -0.25) is 4.79 Å². The largest absolute Gasteiger partial charge is 0.496 e. The molecular formula is C18H25BFNO5. The van der Waals surface area contributed by atoms with Crippen LogP contribution < -0.4 is 10.2 Å². The van der Waals surface area contributed by atoms with Crippen molar-refractivity contribution in [1.29, 1.82) is 0 Å². The molecule has 0 N–H and O–H groups in total. The van der Waals surface area contributed by atoms with E-state index in [0.29, 0.717) is 31.8 Å². The van der Waals surface area contributed by atoms with E-state index in [4.69, 9.17) is 18.8 Å². The Morgan fingerprint density at radius 2 is 1.73 bits per heavy atom. The minimum atomic E-state index is -0.726. The van der Waals surface area contributed by atoms with Crippen LogP contribution in [0.3, 0.4) is 0 Å². The summed E-state index contributed by atoms with van der Waals surface area (Å²) in [6.45, 7) is 9.46. The Bertz CT molecular complexity index is 687. The zero-order valence-corrected chi connectivity index (χ0v) is 15.9. The van der Waals surface area contributed by atoms with Crippen LogP contribution >= 0.6 is 0 Å². The number of ether oxygens (including phenoxy) is 2. The molecule has 1 aromatic carbocycles. The molecule has 0 aromatic heterocycles. The summed E-state index contributed by atoms with van der Waals surface area (Å²) in [5.74, 6) is -0.875. The first-order valence-electron chi connectivity index (χ1n) is 8.76. The number of hydrogen-bond acceptors (Lipinski definition) is 5. The number of hydrogen-bond donors (Lipinski definition) is 0. The molecule has 0 atom stereocenters. The van der Waals surface area contributed by atoms with Crippen LogP contribution in [-0.2, 0) is 14.0 Å². The highest BCUT2D eigenvalue weighted by Crippen LogP contribution is 2.37. The molecule has 6 nitrogen and oxygen atoms in total. The molecule has 1 amide bonds. The van der Waals surface area contributed by atoms with E-state index in [0.717, 1.165) is 0 Å². The van der Waals surface area contributed by atoms with Crippen molar-refractivity contribution in [2.45, 2.75) is 38.9 Å². The Balaban J connectivity index is 1.92. The predicted octanol–water partition coefficient (Wildman–Crippen LogP) is 1.61. The van der Waals surface area contributed by atoms with Crippen molar-refractivity contribution in [3.8, 4) is 5.75 Å². The average Bonchev–Trinajstić information content (AvgIpc) is 2.82. The average molecular weight is 365 g/mol. The quantitative estimate of drug-likeness (QED) is 0.762. The number of morpholine rings is 1. The molecule has 2 aliphatic heterocycles. The lowest BCUT2D eigenvalue weighted by atomic mass is 9.78. The van der Waals surface area contributed by atoms with Crippen LogP contribution in [-0.4, -0.2) is 62.5 Å². The molecule has 8 heteroatoms. The van der Waals surface area contributed by atoms with Crippen LogP contribution in [0, 0.1) is 5.82 Å². The second kappa shape index (κ2) is 6.83. The number of nitrogens with zero attached hydrogens (tertiary/aromatic N) is 1. The third-order valence-corrected chi connectivity index (χ3v) is 5.33. The fraction of sp³-hybridized carbons (Fsp3) is 0.611. The van der Waals surface area contributed by atoms with Gasteiger partial charge in [-0.15, -0.1) is 0 Å². The molecule has 26 heavy (non-hydrogen) atoms. The van der Waals surface area contributed by atoms with Gasteiger partial charge >= 0.3 is 7.12 Å². The lowest BCUT2D eigenvalue weighted by molar-refractivity contribution is 0.00578. The second-order valence-corrected chi connectivity index (χ2v) is 7.57. The third kappa shape index (κ3) is 3.33. The van der Waals surface area contributed by atoms with E-state index in [1.165, 1.54) is 13.2 Å². The van der Waals surface area contributed by atoms with Gasteiger partial charge in [0.25, 0.3) is 5.91 Å². The van der Waals surface area contributed by atoms with Crippen LogP contribution in [0.15, 0.2) is 12.1 Å². The lowest BCUT2D eigenvalue weighted by Crippen LogP contribution is -2.41. The molecule has 2 fully saturated rings. The second-order valence-electron chi connectivity index (χ2n) is 7.57. The van der Waals surface area contributed by atoms with Crippen LogP contribution in [0.2, 0.25) is 0 Å². The SMILES string of the molecule is COc1cc(B2OC(C)(C)C(C)(C)O2)cc(F)c1C(=O)N1CCOCC1. The minimum Gasteiger partial charge on any atom is -0.496 e. The van der Waals surface area contributed by atoms with Gasteiger partial charge in [-0.2, -0.15) is 0 Å². The number of halogens is 1. The summed E-state index contributed by atoms with van der Waals surface area (Å²) in [6.07, 6.45) is 0. The highest BCUT2D eigenvalue weighted by atomic mass is 19.1. The van der Waals surface area contributed by atoms with E-state index in [9.17, 15) is 9.18 Å². The van der Waals surface area contributed by atoms with Crippen molar-refractivity contribution in [2.24, 2.45) is 0 Å². The number of carbonyl (C=O) groups excluding carboxylic acids is 1. The number of carbonyl (C=O) groups is 1. The molecule has 3 rings (SSSR count). The number of methoxy groups -OCH3 is 1. The van der Waals surface area contributed by atoms with E-state index < -0.39 is 30.0 Å². The Morgan fingerprint density at radius 3 is 2.27 bits per heavy atom. The smallest absolute Gasteiger partial charge is 0.495 e. The first-order valence-corrected chi connectivity index (χ1v) is 8.76. The number of benzene rings is 1. The van der Waals surface area contributed by atoms with Crippen molar-refractivity contribution in [3.63, 3.8) is 0 Å². The highest BCUT2D eigenvalue weighted by molar-refractivity contribution is 6.62. The van der Waals surface area contributed by atoms with Gasteiger partial charge in [0.1, 0.15) is 17.1 Å². The van der Waals surface area contributed by atoms with Gasteiger partial charge in [-0.1, -0.05) is 0 Å². The third-order valence-electron chi connectivity index (χ3n) is 5.33. The van der Waals surface area contributed by atoms with Crippen molar-refractivity contribution >= 4 is 18.5 Å².